The molecule has 1 aliphatic heterocycles. The van der Waals surface area contributed by atoms with E-state index in [0.29, 0.717) is 19.4 Å². The number of nitrogens with one attached hydrogen (secondary N) is 2. The van der Waals surface area contributed by atoms with Gasteiger partial charge in [-0.25, -0.2) is 0 Å². The lowest BCUT2D eigenvalue weighted by molar-refractivity contribution is -0.186. The van der Waals surface area contributed by atoms with Crippen molar-refractivity contribution in [2.75, 3.05) is 39.3 Å². The van der Waals surface area contributed by atoms with Crippen molar-refractivity contribution in [3.05, 3.63) is 0 Å². The van der Waals surface area contributed by atoms with E-state index in [9.17, 15) is 18.0 Å². The molecule has 1 saturated heterocycles. The van der Waals surface area contributed by atoms with E-state index in [4.69, 9.17) is 0 Å². The first-order valence-electron chi connectivity index (χ1n) is 7.74. The number of halogens is 4. The average molecular weight is 344 g/mol. The van der Waals surface area contributed by atoms with Crippen LogP contribution in [0.25, 0.3) is 0 Å². The standard InChI is InChI=1S/C14H24F3N3O.ClH/c15-14(16,17)12-3-1-2-11(10-12)13(21)19-6-9-20-7-4-18-5-8-20;/h11-12,18H,1-10H2,(H,19,21);1H. The van der Waals surface area contributed by atoms with Crippen LogP contribution in [0.5, 0.6) is 0 Å². The smallest absolute Gasteiger partial charge is 0.355 e. The van der Waals surface area contributed by atoms with Gasteiger partial charge in [-0.1, -0.05) is 6.42 Å². The second kappa shape index (κ2) is 8.93. The molecule has 2 fully saturated rings. The Labute approximate surface area is 135 Å². The summed E-state index contributed by atoms with van der Waals surface area (Å²) in [6, 6.07) is 0. The molecule has 0 aromatic rings. The van der Waals surface area contributed by atoms with Crippen molar-refractivity contribution in [2.24, 2.45) is 11.8 Å². The zero-order valence-corrected chi connectivity index (χ0v) is 13.4. The molecule has 0 bridgehead atoms. The van der Waals surface area contributed by atoms with E-state index in [0.717, 1.165) is 32.7 Å². The van der Waals surface area contributed by atoms with E-state index in [-0.39, 0.29) is 31.2 Å². The maximum absolute atomic E-state index is 12.7. The van der Waals surface area contributed by atoms with Crippen LogP contribution in [0.2, 0.25) is 0 Å². The fraction of sp³-hybridized carbons (Fsp3) is 0.929. The third kappa shape index (κ3) is 5.93. The highest BCUT2D eigenvalue weighted by Crippen LogP contribution is 2.39. The van der Waals surface area contributed by atoms with Gasteiger partial charge in [0.15, 0.2) is 0 Å². The summed E-state index contributed by atoms with van der Waals surface area (Å²) in [5.74, 6) is -2.00. The highest BCUT2D eigenvalue weighted by atomic mass is 35.5. The van der Waals surface area contributed by atoms with Gasteiger partial charge in [0, 0.05) is 45.2 Å². The van der Waals surface area contributed by atoms with Crippen LogP contribution in [0, 0.1) is 11.8 Å². The van der Waals surface area contributed by atoms with Gasteiger partial charge in [0.05, 0.1) is 5.92 Å². The molecule has 0 aromatic heterocycles. The molecule has 4 nitrogen and oxygen atoms in total. The number of amides is 1. The number of carbonyl (C=O) groups is 1. The van der Waals surface area contributed by atoms with Gasteiger partial charge < -0.3 is 10.6 Å². The summed E-state index contributed by atoms with van der Waals surface area (Å²) >= 11 is 0. The van der Waals surface area contributed by atoms with Gasteiger partial charge in [-0.2, -0.15) is 13.2 Å². The molecular weight excluding hydrogens is 319 g/mol. The molecule has 2 N–H and O–H groups in total. The van der Waals surface area contributed by atoms with Gasteiger partial charge >= 0.3 is 6.18 Å². The van der Waals surface area contributed by atoms with Crippen molar-refractivity contribution < 1.29 is 18.0 Å². The molecule has 1 heterocycles. The van der Waals surface area contributed by atoms with Gasteiger partial charge in [-0.3, -0.25) is 9.69 Å². The lowest BCUT2D eigenvalue weighted by atomic mass is 9.80. The van der Waals surface area contributed by atoms with Crippen LogP contribution in [0.1, 0.15) is 25.7 Å². The Morgan fingerprint density at radius 3 is 2.55 bits per heavy atom. The minimum atomic E-state index is -4.17. The third-order valence-electron chi connectivity index (χ3n) is 4.44. The van der Waals surface area contributed by atoms with Crippen LogP contribution < -0.4 is 10.6 Å². The normalized spacial score (nSPS) is 27.0. The SMILES string of the molecule is Cl.O=C(NCCN1CCNCC1)C1CCCC(C(F)(F)F)C1. The summed E-state index contributed by atoms with van der Waals surface area (Å²) in [6.07, 6.45) is -3.00. The summed E-state index contributed by atoms with van der Waals surface area (Å²) in [7, 11) is 0. The number of piperazine rings is 1. The molecule has 2 rings (SSSR count). The lowest BCUT2D eigenvalue weighted by Gasteiger charge is -2.30. The van der Waals surface area contributed by atoms with Gasteiger partial charge in [0.25, 0.3) is 0 Å². The Morgan fingerprint density at radius 1 is 1.23 bits per heavy atom. The summed E-state index contributed by atoms with van der Waals surface area (Å²) < 4.78 is 38.2. The maximum atomic E-state index is 12.7. The van der Waals surface area contributed by atoms with Gasteiger partial charge in [0.2, 0.25) is 5.91 Å². The van der Waals surface area contributed by atoms with Crippen LogP contribution in [0.15, 0.2) is 0 Å². The van der Waals surface area contributed by atoms with Gasteiger partial charge in [-0.05, 0) is 19.3 Å². The van der Waals surface area contributed by atoms with Crippen LogP contribution in [-0.2, 0) is 4.79 Å². The monoisotopic (exact) mass is 343 g/mol. The van der Waals surface area contributed by atoms with Crippen molar-refractivity contribution in [3.63, 3.8) is 0 Å². The summed E-state index contributed by atoms with van der Waals surface area (Å²) in [5.41, 5.74) is 0. The fourth-order valence-corrected chi connectivity index (χ4v) is 3.14. The van der Waals surface area contributed by atoms with E-state index >= 15 is 0 Å². The maximum Gasteiger partial charge on any atom is 0.391 e. The van der Waals surface area contributed by atoms with Crippen molar-refractivity contribution in [1.82, 2.24) is 15.5 Å². The first kappa shape index (κ1) is 19.5. The van der Waals surface area contributed by atoms with Crippen molar-refractivity contribution in [1.29, 1.82) is 0 Å². The molecule has 2 unspecified atom stereocenters. The molecule has 0 aromatic carbocycles. The quantitative estimate of drug-likeness (QED) is 0.818. The number of hydrogen-bond donors (Lipinski definition) is 2. The molecule has 1 saturated carbocycles. The topological polar surface area (TPSA) is 44.4 Å². The molecular formula is C14H25ClF3N3O. The van der Waals surface area contributed by atoms with E-state index in [1.165, 1.54) is 0 Å². The zero-order valence-electron chi connectivity index (χ0n) is 12.6. The Kier molecular flexibility index (Phi) is 7.93. The second-order valence-corrected chi connectivity index (χ2v) is 5.98. The Morgan fingerprint density at radius 2 is 1.91 bits per heavy atom. The lowest BCUT2D eigenvalue weighted by Crippen LogP contribution is -2.47. The molecule has 1 amide bonds. The van der Waals surface area contributed by atoms with Crippen LogP contribution >= 0.6 is 12.4 Å². The van der Waals surface area contributed by atoms with Crippen LogP contribution in [-0.4, -0.2) is 56.3 Å². The molecule has 0 spiro atoms. The van der Waals surface area contributed by atoms with Gasteiger partial charge in [-0.15, -0.1) is 12.4 Å². The van der Waals surface area contributed by atoms with E-state index in [1.54, 1.807) is 0 Å². The number of alkyl halides is 3. The molecule has 8 heteroatoms. The summed E-state index contributed by atoms with van der Waals surface area (Å²) in [5, 5.41) is 6.05. The molecule has 130 valence electrons. The average Bonchev–Trinajstić information content (AvgIpc) is 2.47. The van der Waals surface area contributed by atoms with Gasteiger partial charge in [0.1, 0.15) is 0 Å². The molecule has 2 aliphatic rings. The van der Waals surface area contributed by atoms with Crippen molar-refractivity contribution in [3.8, 4) is 0 Å². The van der Waals surface area contributed by atoms with Crippen molar-refractivity contribution >= 4 is 18.3 Å². The Balaban J connectivity index is 0.00000242. The number of rotatable bonds is 4. The number of carbonyl (C=O) groups excluding carboxylic acids is 1. The largest absolute Gasteiger partial charge is 0.391 e. The first-order chi connectivity index (χ1) is 9.97. The van der Waals surface area contributed by atoms with E-state index in [2.05, 4.69) is 15.5 Å². The highest BCUT2D eigenvalue weighted by Gasteiger charge is 2.43. The Bertz CT molecular complexity index is 349. The highest BCUT2D eigenvalue weighted by molar-refractivity contribution is 5.85. The van der Waals surface area contributed by atoms with E-state index in [1.807, 2.05) is 0 Å². The number of nitrogens with zero attached hydrogens (tertiary/aromatic N) is 1. The third-order valence-corrected chi connectivity index (χ3v) is 4.44. The summed E-state index contributed by atoms with van der Waals surface area (Å²) in [6.45, 7) is 5.09. The molecule has 1 aliphatic carbocycles. The molecule has 2 atom stereocenters. The minimum Gasteiger partial charge on any atom is -0.355 e. The fourth-order valence-electron chi connectivity index (χ4n) is 3.14. The summed E-state index contributed by atoms with van der Waals surface area (Å²) in [4.78, 5) is 14.2. The zero-order chi connectivity index (χ0) is 15.3. The van der Waals surface area contributed by atoms with Crippen molar-refractivity contribution in [2.45, 2.75) is 31.9 Å². The predicted octanol–water partition coefficient (Wildman–Crippen LogP) is 1.80. The second-order valence-electron chi connectivity index (χ2n) is 5.98. The first-order valence-corrected chi connectivity index (χ1v) is 7.74. The number of hydrogen-bond acceptors (Lipinski definition) is 3. The van der Waals surface area contributed by atoms with E-state index < -0.39 is 18.0 Å². The molecule has 0 radical (unpaired) electrons. The predicted molar refractivity (Wildman–Crippen MR) is 81.1 cm³/mol. The Hall–Kier alpha value is -0.530. The van der Waals surface area contributed by atoms with Crippen LogP contribution in [0.4, 0.5) is 13.2 Å². The molecule has 22 heavy (non-hydrogen) atoms. The van der Waals surface area contributed by atoms with Crippen LogP contribution in [0.3, 0.4) is 0 Å². The minimum absolute atomic E-state index is 0.